The number of benzene rings is 1. The normalized spacial score (nSPS) is 23.2. The van der Waals surface area contributed by atoms with Gasteiger partial charge in [-0.1, -0.05) is 24.6 Å². The van der Waals surface area contributed by atoms with Gasteiger partial charge in [0.05, 0.1) is 6.42 Å². The fourth-order valence-corrected chi connectivity index (χ4v) is 2.48. The first kappa shape index (κ1) is 11.1. The minimum absolute atomic E-state index is 0.0266. The average molecular weight is 239 g/mol. The summed E-state index contributed by atoms with van der Waals surface area (Å²) in [7, 11) is 0. The Hall–Kier alpha value is -1.35. The number of ketones is 1. The number of carbonyl (C=O) groups excluding carboxylic acids is 1. The second-order valence-corrected chi connectivity index (χ2v) is 4.86. The van der Waals surface area contributed by atoms with E-state index in [9.17, 15) is 9.59 Å². The molecule has 1 aromatic carbocycles. The summed E-state index contributed by atoms with van der Waals surface area (Å²) in [5.41, 5.74) is 0.767. The van der Waals surface area contributed by atoms with Crippen molar-refractivity contribution in [3.05, 3.63) is 34.3 Å². The summed E-state index contributed by atoms with van der Waals surface area (Å²) in [4.78, 5) is 22.6. The fourth-order valence-electron chi connectivity index (χ4n) is 2.31. The molecule has 0 amide bonds. The monoisotopic (exact) mass is 238 g/mol. The van der Waals surface area contributed by atoms with Crippen molar-refractivity contribution in [1.29, 1.82) is 0 Å². The molecule has 0 saturated carbocycles. The number of Topliss-reactive ketones (excluding diaryl/α,β-unsaturated/α-hetero) is 1. The third-order valence-electron chi connectivity index (χ3n) is 3.02. The number of halogens is 1. The van der Waals surface area contributed by atoms with Crippen LogP contribution in [-0.2, 0) is 10.2 Å². The first-order chi connectivity index (χ1) is 7.42. The van der Waals surface area contributed by atoms with Gasteiger partial charge in [0.1, 0.15) is 0 Å². The zero-order chi connectivity index (χ0) is 11.9. The van der Waals surface area contributed by atoms with E-state index in [-0.39, 0.29) is 18.6 Å². The largest absolute Gasteiger partial charge is 0.481 e. The topological polar surface area (TPSA) is 54.4 Å². The Morgan fingerprint density at radius 3 is 2.88 bits per heavy atom. The highest BCUT2D eigenvalue weighted by atomic mass is 35.5. The van der Waals surface area contributed by atoms with Crippen LogP contribution in [0.4, 0.5) is 0 Å². The first-order valence-electron chi connectivity index (χ1n) is 4.97. The number of hydrogen-bond donors (Lipinski definition) is 1. The maximum atomic E-state index is 11.8. The van der Waals surface area contributed by atoms with Crippen molar-refractivity contribution in [2.75, 3.05) is 0 Å². The Balaban J connectivity index is 2.50. The van der Waals surface area contributed by atoms with E-state index in [2.05, 4.69) is 0 Å². The van der Waals surface area contributed by atoms with Gasteiger partial charge in [-0.15, -0.1) is 0 Å². The smallest absolute Gasteiger partial charge is 0.304 e. The maximum absolute atomic E-state index is 11.8. The lowest BCUT2D eigenvalue weighted by Gasteiger charge is -2.21. The molecule has 1 N–H and O–H groups in total. The third kappa shape index (κ3) is 1.71. The summed E-state index contributed by atoms with van der Waals surface area (Å²) in [6.07, 6.45) is 0.211. The summed E-state index contributed by atoms with van der Waals surface area (Å²) in [5, 5.41) is 9.37. The summed E-state index contributed by atoms with van der Waals surface area (Å²) in [5.74, 6) is -0.917. The highest BCUT2D eigenvalue weighted by Crippen LogP contribution is 2.41. The summed E-state index contributed by atoms with van der Waals surface area (Å²) in [6, 6.07) is 5.07. The molecule has 16 heavy (non-hydrogen) atoms. The van der Waals surface area contributed by atoms with Gasteiger partial charge in [-0.05, 0) is 17.7 Å². The standard InChI is InChI=1S/C12H11ClO3/c1-12(6-11(15)16)5-10(14)8-4-7(13)2-3-9(8)12/h2-4H,5-6H2,1H3,(H,15,16). The molecule has 4 heteroatoms. The van der Waals surface area contributed by atoms with Crippen LogP contribution in [0.15, 0.2) is 18.2 Å². The first-order valence-corrected chi connectivity index (χ1v) is 5.35. The van der Waals surface area contributed by atoms with Crippen molar-refractivity contribution < 1.29 is 14.7 Å². The van der Waals surface area contributed by atoms with E-state index in [1.807, 2.05) is 0 Å². The molecule has 1 aromatic rings. The fraction of sp³-hybridized carbons (Fsp3) is 0.333. The molecule has 0 saturated heterocycles. The van der Waals surface area contributed by atoms with Crippen molar-refractivity contribution in [2.45, 2.75) is 25.2 Å². The number of aliphatic carboxylic acids is 1. The van der Waals surface area contributed by atoms with Crippen LogP contribution in [0, 0.1) is 0 Å². The number of hydrogen-bond acceptors (Lipinski definition) is 2. The minimum Gasteiger partial charge on any atom is -0.481 e. The van der Waals surface area contributed by atoms with Gasteiger partial charge < -0.3 is 5.11 Å². The van der Waals surface area contributed by atoms with Crippen LogP contribution >= 0.6 is 11.6 Å². The molecule has 0 aromatic heterocycles. The number of carbonyl (C=O) groups is 2. The van der Waals surface area contributed by atoms with Crippen LogP contribution in [0.25, 0.3) is 0 Å². The number of fused-ring (bicyclic) bond motifs is 1. The van der Waals surface area contributed by atoms with E-state index in [1.54, 1.807) is 25.1 Å². The molecule has 0 bridgehead atoms. The third-order valence-corrected chi connectivity index (χ3v) is 3.26. The maximum Gasteiger partial charge on any atom is 0.304 e. The Labute approximate surface area is 98.0 Å². The van der Waals surface area contributed by atoms with Crippen molar-refractivity contribution >= 4 is 23.4 Å². The second kappa shape index (κ2) is 3.59. The molecule has 0 spiro atoms. The van der Waals surface area contributed by atoms with Crippen molar-refractivity contribution in [1.82, 2.24) is 0 Å². The van der Waals surface area contributed by atoms with Gasteiger partial charge in [0, 0.05) is 22.4 Å². The SMILES string of the molecule is CC1(CC(=O)O)CC(=O)c2cc(Cl)ccc21. The van der Waals surface area contributed by atoms with E-state index in [4.69, 9.17) is 16.7 Å². The van der Waals surface area contributed by atoms with Crippen LogP contribution in [0.3, 0.4) is 0 Å². The Bertz CT molecular complexity index is 481. The average Bonchev–Trinajstić information content (AvgIpc) is 2.37. The molecule has 0 heterocycles. The van der Waals surface area contributed by atoms with Crippen molar-refractivity contribution in [3.63, 3.8) is 0 Å². The van der Waals surface area contributed by atoms with Gasteiger partial charge in [0.25, 0.3) is 0 Å². The minimum atomic E-state index is -0.891. The number of carboxylic acid groups (broad SMARTS) is 1. The van der Waals surface area contributed by atoms with Gasteiger partial charge in [0.2, 0.25) is 0 Å². The van der Waals surface area contributed by atoms with Gasteiger partial charge >= 0.3 is 5.97 Å². The number of carboxylic acids is 1. The lowest BCUT2D eigenvalue weighted by molar-refractivity contribution is -0.138. The molecule has 3 nitrogen and oxygen atoms in total. The molecule has 1 atom stereocenters. The number of rotatable bonds is 2. The molecule has 2 rings (SSSR count). The van der Waals surface area contributed by atoms with Crippen LogP contribution in [-0.4, -0.2) is 16.9 Å². The van der Waals surface area contributed by atoms with Crippen LogP contribution < -0.4 is 0 Å². The molecule has 1 unspecified atom stereocenters. The van der Waals surface area contributed by atoms with Crippen molar-refractivity contribution in [2.24, 2.45) is 0 Å². The molecule has 84 valence electrons. The lowest BCUT2D eigenvalue weighted by atomic mass is 9.81. The quantitative estimate of drug-likeness (QED) is 0.862. The summed E-state index contributed by atoms with van der Waals surface area (Å²) >= 11 is 5.82. The van der Waals surface area contributed by atoms with E-state index >= 15 is 0 Å². The summed E-state index contributed by atoms with van der Waals surface area (Å²) < 4.78 is 0. The molecular weight excluding hydrogens is 228 g/mol. The summed E-state index contributed by atoms with van der Waals surface area (Å²) in [6.45, 7) is 1.80. The predicted octanol–water partition coefficient (Wildman–Crippen LogP) is 2.66. The zero-order valence-electron chi connectivity index (χ0n) is 8.79. The molecular formula is C12H11ClO3. The zero-order valence-corrected chi connectivity index (χ0v) is 9.54. The lowest BCUT2D eigenvalue weighted by Crippen LogP contribution is -2.23. The van der Waals surface area contributed by atoms with Crippen LogP contribution in [0.5, 0.6) is 0 Å². The van der Waals surface area contributed by atoms with E-state index in [0.717, 1.165) is 5.56 Å². The Morgan fingerprint density at radius 2 is 2.25 bits per heavy atom. The van der Waals surface area contributed by atoms with Gasteiger partial charge in [0.15, 0.2) is 5.78 Å². The van der Waals surface area contributed by atoms with E-state index in [1.165, 1.54) is 0 Å². The molecule has 1 aliphatic carbocycles. The van der Waals surface area contributed by atoms with Crippen molar-refractivity contribution in [3.8, 4) is 0 Å². The van der Waals surface area contributed by atoms with Crippen LogP contribution in [0.2, 0.25) is 5.02 Å². The highest BCUT2D eigenvalue weighted by molar-refractivity contribution is 6.31. The molecule has 1 aliphatic rings. The van der Waals surface area contributed by atoms with Gasteiger partial charge in [-0.2, -0.15) is 0 Å². The molecule has 0 aliphatic heterocycles. The molecule has 0 radical (unpaired) electrons. The van der Waals surface area contributed by atoms with E-state index in [0.29, 0.717) is 10.6 Å². The van der Waals surface area contributed by atoms with Gasteiger partial charge in [-0.3, -0.25) is 9.59 Å². The van der Waals surface area contributed by atoms with Crippen LogP contribution in [0.1, 0.15) is 35.7 Å². The highest BCUT2D eigenvalue weighted by Gasteiger charge is 2.41. The van der Waals surface area contributed by atoms with E-state index < -0.39 is 11.4 Å². The van der Waals surface area contributed by atoms with Gasteiger partial charge in [-0.25, -0.2) is 0 Å². The Kier molecular flexibility index (Phi) is 2.50. The Morgan fingerprint density at radius 1 is 1.56 bits per heavy atom. The predicted molar refractivity (Wildman–Crippen MR) is 60.0 cm³/mol. The molecule has 0 fully saturated rings. The second-order valence-electron chi connectivity index (χ2n) is 4.42.